The van der Waals surface area contributed by atoms with Crippen molar-refractivity contribution in [2.75, 3.05) is 18.4 Å². The van der Waals surface area contributed by atoms with Crippen LogP contribution in [0.2, 0.25) is 0 Å². The van der Waals surface area contributed by atoms with E-state index in [1.54, 1.807) is 12.5 Å². The number of hydrogen-bond donors (Lipinski definition) is 1. The van der Waals surface area contributed by atoms with Crippen molar-refractivity contribution in [2.24, 2.45) is 0 Å². The van der Waals surface area contributed by atoms with E-state index in [0.29, 0.717) is 23.2 Å². The van der Waals surface area contributed by atoms with Crippen molar-refractivity contribution in [1.82, 2.24) is 19.9 Å². The Bertz CT molecular complexity index is 1440. The minimum atomic E-state index is -0.148. The number of carbonyl (C=O) groups excluding carboxylic acids is 1. The van der Waals surface area contributed by atoms with Crippen molar-refractivity contribution in [3.8, 4) is 11.1 Å². The van der Waals surface area contributed by atoms with Gasteiger partial charge in [0.1, 0.15) is 12.1 Å². The fourth-order valence-corrected chi connectivity index (χ4v) is 5.19. The summed E-state index contributed by atoms with van der Waals surface area (Å²) in [6.45, 7) is 4.10. The number of aromatic nitrogens is 3. The van der Waals surface area contributed by atoms with Crippen LogP contribution in [0.4, 0.5) is 5.82 Å². The van der Waals surface area contributed by atoms with Crippen molar-refractivity contribution in [2.45, 2.75) is 38.0 Å². The molecular weight excluding hydrogens is 446 g/mol. The fraction of sp³-hybridized carbons (Fsp3) is 0.267. The van der Waals surface area contributed by atoms with E-state index in [-0.39, 0.29) is 5.91 Å². The third-order valence-corrected chi connectivity index (χ3v) is 7.21. The first-order valence-corrected chi connectivity index (χ1v) is 12.7. The van der Waals surface area contributed by atoms with Gasteiger partial charge in [0.2, 0.25) is 0 Å². The number of likely N-dealkylation sites (tertiary alicyclic amines) is 1. The number of anilines is 1. The molecule has 2 aliphatic rings. The summed E-state index contributed by atoms with van der Waals surface area (Å²) < 4.78 is 0. The lowest BCUT2D eigenvalue weighted by Gasteiger charge is -2.16. The highest BCUT2D eigenvalue weighted by Gasteiger charge is 2.25. The molecule has 1 aliphatic heterocycles. The minimum Gasteiger partial charge on any atom is -0.377 e. The molecule has 2 aromatic carbocycles. The average Bonchev–Trinajstić information content (AvgIpc) is 3.67. The van der Waals surface area contributed by atoms with Crippen molar-refractivity contribution in [1.29, 1.82) is 0 Å². The molecule has 1 saturated carbocycles. The van der Waals surface area contributed by atoms with Gasteiger partial charge in [-0.15, -0.1) is 0 Å². The van der Waals surface area contributed by atoms with E-state index in [9.17, 15) is 4.79 Å². The molecule has 0 spiro atoms. The van der Waals surface area contributed by atoms with E-state index >= 15 is 0 Å². The molecule has 0 bridgehead atoms. The Morgan fingerprint density at radius 2 is 1.86 bits per heavy atom. The molecule has 3 heterocycles. The second kappa shape index (κ2) is 9.53. The summed E-state index contributed by atoms with van der Waals surface area (Å²) in [5, 5.41) is 3.99. The molecule has 0 radical (unpaired) electrons. The number of fused-ring (bicyclic) bond motifs is 1. The van der Waals surface area contributed by atoms with Crippen LogP contribution < -0.4 is 5.32 Å². The van der Waals surface area contributed by atoms with E-state index in [1.807, 2.05) is 42.6 Å². The van der Waals surface area contributed by atoms with Crippen LogP contribution in [0.15, 0.2) is 79.5 Å². The maximum Gasteiger partial charge on any atom is 0.256 e. The third-order valence-electron chi connectivity index (χ3n) is 7.21. The highest BCUT2D eigenvalue weighted by atomic mass is 16.1. The van der Waals surface area contributed by atoms with Gasteiger partial charge in [-0.05, 0) is 97.0 Å². The number of nitrogens with zero attached hydrogens (tertiary/aromatic N) is 4. The molecule has 6 rings (SSSR count). The molecule has 4 aromatic rings. The molecule has 36 heavy (non-hydrogen) atoms. The lowest BCUT2D eigenvalue weighted by molar-refractivity contribution is 0.102. The fourth-order valence-electron chi connectivity index (χ4n) is 5.19. The van der Waals surface area contributed by atoms with Gasteiger partial charge in [0.25, 0.3) is 5.91 Å². The Kier molecular flexibility index (Phi) is 5.93. The molecule has 6 nitrogen and oxygen atoms in total. The number of benzene rings is 2. The summed E-state index contributed by atoms with van der Waals surface area (Å²) in [6.07, 6.45) is 13.1. The van der Waals surface area contributed by atoms with Crippen molar-refractivity contribution >= 4 is 22.6 Å². The lowest BCUT2D eigenvalue weighted by Crippen LogP contribution is -2.13. The van der Waals surface area contributed by atoms with Crippen molar-refractivity contribution in [3.63, 3.8) is 0 Å². The van der Waals surface area contributed by atoms with Gasteiger partial charge in [-0.25, -0.2) is 15.0 Å². The highest BCUT2D eigenvalue weighted by Crippen LogP contribution is 2.40. The van der Waals surface area contributed by atoms with Crippen LogP contribution in [-0.2, 0) is 0 Å². The maximum atomic E-state index is 12.9. The number of carbonyl (C=O) groups is 1. The molecule has 6 heteroatoms. The van der Waals surface area contributed by atoms with E-state index in [0.717, 1.165) is 41.5 Å². The predicted octanol–water partition coefficient (Wildman–Crippen LogP) is 6.14. The Labute approximate surface area is 211 Å². The summed E-state index contributed by atoms with van der Waals surface area (Å²) in [6, 6.07) is 16.2. The molecule has 180 valence electrons. The van der Waals surface area contributed by atoms with Gasteiger partial charge in [0, 0.05) is 42.4 Å². The van der Waals surface area contributed by atoms with Gasteiger partial charge in [-0.3, -0.25) is 4.79 Å². The molecule has 2 fully saturated rings. The normalized spacial score (nSPS) is 17.7. The van der Waals surface area contributed by atoms with E-state index < -0.39 is 0 Å². The molecule has 1 amide bonds. The summed E-state index contributed by atoms with van der Waals surface area (Å²) in [5.41, 5.74) is 6.33. The first-order chi connectivity index (χ1) is 17.7. The van der Waals surface area contributed by atoms with Crippen LogP contribution in [-0.4, -0.2) is 38.8 Å². The molecular formula is C30H29N5O. The van der Waals surface area contributed by atoms with Crippen molar-refractivity contribution in [3.05, 3.63) is 96.2 Å². The van der Waals surface area contributed by atoms with Crippen molar-refractivity contribution < 1.29 is 4.79 Å². The van der Waals surface area contributed by atoms with E-state index in [4.69, 9.17) is 0 Å². The number of hydrogen-bond acceptors (Lipinski definition) is 5. The van der Waals surface area contributed by atoms with Crippen LogP contribution in [0.25, 0.3) is 22.0 Å². The van der Waals surface area contributed by atoms with Crippen LogP contribution in [0, 0.1) is 0 Å². The zero-order chi connectivity index (χ0) is 24.5. The van der Waals surface area contributed by atoms with Gasteiger partial charge in [-0.2, -0.15) is 0 Å². The van der Waals surface area contributed by atoms with Gasteiger partial charge in [0.05, 0.1) is 5.52 Å². The zero-order valence-electron chi connectivity index (χ0n) is 20.4. The number of pyridine rings is 1. The maximum absolute atomic E-state index is 12.9. The largest absolute Gasteiger partial charge is 0.377 e. The monoisotopic (exact) mass is 475 g/mol. The van der Waals surface area contributed by atoms with Gasteiger partial charge < -0.3 is 10.2 Å². The summed E-state index contributed by atoms with van der Waals surface area (Å²) in [5.74, 6) is 1.50. The minimum absolute atomic E-state index is 0.148. The Morgan fingerprint density at radius 3 is 2.67 bits per heavy atom. The van der Waals surface area contributed by atoms with Crippen LogP contribution in [0.3, 0.4) is 0 Å². The third kappa shape index (κ3) is 4.59. The molecule has 1 unspecified atom stereocenters. The molecule has 2 aromatic heterocycles. The SMILES string of the molecule is CC=CN1CCC(c2cc(-c3ccc(C(=O)Nc4cc(C5CC5)ccn4)cc3)cc3cncnc23)C1. The molecule has 1 aliphatic carbocycles. The van der Waals surface area contributed by atoms with Crippen LogP contribution >= 0.6 is 0 Å². The van der Waals surface area contributed by atoms with E-state index in [2.05, 4.69) is 56.5 Å². The number of rotatable bonds is 6. The zero-order valence-corrected chi connectivity index (χ0v) is 20.4. The number of amides is 1. The van der Waals surface area contributed by atoms with E-state index in [1.165, 1.54) is 24.0 Å². The first kappa shape index (κ1) is 22.4. The summed E-state index contributed by atoms with van der Waals surface area (Å²) in [4.78, 5) is 28.4. The topological polar surface area (TPSA) is 71.0 Å². The summed E-state index contributed by atoms with van der Waals surface area (Å²) in [7, 11) is 0. The Balaban J connectivity index is 1.25. The van der Waals surface area contributed by atoms with Gasteiger partial charge >= 0.3 is 0 Å². The molecule has 1 N–H and O–H groups in total. The predicted molar refractivity (Wildman–Crippen MR) is 143 cm³/mol. The summed E-state index contributed by atoms with van der Waals surface area (Å²) >= 11 is 0. The second-order valence-electron chi connectivity index (χ2n) is 9.77. The van der Waals surface area contributed by atoms with Gasteiger partial charge in [0.15, 0.2) is 0 Å². The van der Waals surface area contributed by atoms with Crippen LogP contribution in [0.1, 0.15) is 59.5 Å². The quantitative estimate of drug-likeness (QED) is 0.362. The molecule has 1 saturated heterocycles. The Morgan fingerprint density at radius 1 is 1.00 bits per heavy atom. The highest BCUT2D eigenvalue weighted by molar-refractivity contribution is 6.04. The standard InChI is InChI=1S/C30H29N5O/c1-2-12-35-13-10-24(18-35)27-15-25(14-26-17-31-19-33-29(26)27)21-5-7-22(8-6-21)30(36)34-28-16-23(9-11-32-28)20-3-4-20/h2,5-9,11-12,14-17,19-20,24H,3-4,10,13,18H2,1H3,(H,32,34,36). The second-order valence-corrected chi connectivity index (χ2v) is 9.77. The lowest BCUT2D eigenvalue weighted by atomic mass is 9.91. The van der Waals surface area contributed by atoms with Crippen LogP contribution in [0.5, 0.6) is 0 Å². The molecule has 1 atom stereocenters. The number of nitrogens with one attached hydrogen (secondary N) is 1. The smallest absolute Gasteiger partial charge is 0.256 e. The first-order valence-electron chi connectivity index (χ1n) is 12.7. The van der Waals surface area contributed by atoms with Gasteiger partial charge in [-0.1, -0.05) is 18.2 Å². The average molecular weight is 476 g/mol. The Hall–Kier alpha value is -4.06. The number of allylic oxidation sites excluding steroid dienone is 1.